The van der Waals surface area contributed by atoms with Crippen LogP contribution in [0.4, 0.5) is 5.69 Å². The zero-order valence-corrected chi connectivity index (χ0v) is 12.6. The van der Waals surface area contributed by atoms with Crippen LogP contribution in [-0.2, 0) is 26.1 Å². The van der Waals surface area contributed by atoms with E-state index >= 15 is 0 Å². The van der Waals surface area contributed by atoms with Crippen molar-refractivity contribution in [2.45, 2.75) is 20.3 Å². The van der Waals surface area contributed by atoms with Crippen molar-refractivity contribution in [3.05, 3.63) is 29.8 Å². The zero-order valence-electron chi connectivity index (χ0n) is 11.8. The molecule has 1 aliphatic rings. The number of benzene rings is 1. The van der Waals surface area contributed by atoms with E-state index in [1.165, 1.54) is 0 Å². The number of imide groups is 1. The first-order valence-electron chi connectivity index (χ1n) is 6.61. The first-order valence-corrected chi connectivity index (χ1v) is 8.19. The molecule has 1 fully saturated rings. The number of aryl methyl sites for hydroxylation is 1. The smallest absolute Gasteiger partial charge is 0.237 e. The minimum atomic E-state index is -4.25. The van der Waals surface area contributed by atoms with E-state index in [0.717, 1.165) is 4.90 Å². The minimum absolute atomic E-state index is 0.112. The first kappa shape index (κ1) is 15.7. The standard InChI is InChI=1S/C14H17NO5S/c1-9-10(2)14(17)15(13(9)16)12-5-3-11(4-6-12)7-8-21(18,19)20/h3-6,9-10H,7-8H2,1-2H3,(H,18,19,20)/p-1. The van der Waals surface area contributed by atoms with Gasteiger partial charge in [0.25, 0.3) is 0 Å². The third-order valence-electron chi connectivity index (χ3n) is 3.81. The molecular formula is C14H16NO5S-. The molecule has 0 bridgehead atoms. The predicted molar refractivity (Wildman–Crippen MR) is 75.5 cm³/mol. The Morgan fingerprint density at radius 3 is 1.95 bits per heavy atom. The SMILES string of the molecule is CC1C(=O)N(c2ccc(CCS(=O)(=O)[O-])cc2)C(=O)C1C. The summed E-state index contributed by atoms with van der Waals surface area (Å²) in [5.41, 5.74) is 1.13. The van der Waals surface area contributed by atoms with Gasteiger partial charge >= 0.3 is 0 Å². The molecule has 7 heteroatoms. The van der Waals surface area contributed by atoms with Gasteiger partial charge in [-0.05, 0) is 24.1 Å². The van der Waals surface area contributed by atoms with Crippen molar-refractivity contribution in [3.63, 3.8) is 0 Å². The molecule has 1 aromatic carbocycles. The molecule has 1 aliphatic heterocycles. The lowest BCUT2D eigenvalue weighted by molar-refractivity contribution is -0.122. The van der Waals surface area contributed by atoms with Crippen LogP contribution in [0.1, 0.15) is 19.4 Å². The maximum atomic E-state index is 12.1. The average Bonchev–Trinajstić information content (AvgIpc) is 2.61. The molecule has 1 saturated heterocycles. The van der Waals surface area contributed by atoms with E-state index in [2.05, 4.69) is 0 Å². The fourth-order valence-corrected chi connectivity index (χ4v) is 2.74. The predicted octanol–water partition coefficient (Wildman–Crippen LogP) is 0.920. The summed E-state index contributed by atoms with van der Waals surface area (Å²) in [7, 11) is -4.25. The highest BCUT2D eigenvalue weighted by atomic mass is 32.2. The van der Waals surface area contributed by atoms with Crippen LogP contribution in [0.2, 0.25) is 0 Å². The Morgan fingerprint density at radius 1 is 1.05 bits per heavy atom. The van der Waals surface area contributed by atoms with Crippen molar-refractivity contribution < 1.29 is 22.6 Å². The number of rotatable bonds is 4. The van der Waals surface area contributed by atoms with Crippen molar-refractivity contribution in [1.29, 1.82) is 0 Å². The summed E-state index contributed by atoms with van der Waals surface area (Å²) in [6.45, 7) is 3.44. The monoisotopic (exact) mass is 310 g/mol. The Labute approximate surface area is 123 Å². The molecule has 0 saturated carbocycles. The van der Waals surface area contributed by atoms with Gasteiger partial charge in [0.1, 0.15) is 0 Å². The van der Waals surface area contributed by atoms with Gasteiger partial charge in [0.15, 0.2) is 0 Å². The quantitative estimate of drug-likeness (QED) is 0.609. The second-order valence-electron chi connectivity index (χ2n) is 5.27. The maximum Gasteiger partial charge on any atom is 0.237 e. The van der Waals surface area contributed by atoms with Crippen molar-refractivity contribution in [3.8, 4) is 0 Å². The summed E-state index contributed by atoms with van der Waals surface area (Å²) in [6, 6.07) is 6.42. The number of anilines is 1. The van der Waals surface area contributed by atoms with Gasteiger partial charge < -0.3 is 4.55 Å². The number of hydrogen-bond acceptors (Lipinski definition) is 5. The fraction of sp³-hybridized carbons (Fsp3) is 0.429. The number of amides is 2. The van der Waals surface area contributed by atoms with Gasteiger partial charge in [-0.15, -0.1) is 0 Å². The summed E-state index contributed by atoms with van der Waals surface area (Å²) in [6.07, 6.45) is 0.112. The van der Waals surface area contributed by atoms with Gasteiger partial charge in [-0.1, -0.05) is 26.0 Å². The van der Waals surface area contributed by atoms with Crippen LogP contribution in [0.15, 0.2) is 24.3 Å². The molecule has 0 radical (unpaired) electrons. The van der Waals surface area contributed by atoms with Crippen LogP contribution in [0, 0.1) is 11.8 Å². The molecule has 0 spiro atoms. The van der Waals surface area contributed by atoms with Crippen LogP contribution in [-0.4, -0.2) is 30.5 Å². The lowest BCUT2D eigenvalue weighted by Gasteiger charge is -2.15. The lowest BCUT2D eigenvalue weighted by atomic mass is 10.00. The third-order valence-corrected chi connectivity index (χ3v) is 4.51. The van der Waals surface area contributed by atoms with E-state index in [1.807, 2.05) is 0 Å². The Bertz CT molecular complexity index is 645. The number of hydrogen-bond donors (Lipinski definition) is 0. The molecular weight excluding hydrogens is 294 g/mol. The normalized spacial score (nSPS) is 22.9. The van der Waals surface area contributed by atoms with E-state index in [0.29, 0.717) is 11.3 Å². The number of nitrogens with zero attached hydrogens (tertiary/aromatic N) is 1. The van der Waals surface area contributed by atoms with Crippen LogP contribution < -0.4 is 4.90 Å². The number of carbonyl (C=O) groups excluding carboxylic acids is 2. The lowest BCUT2D eigenvalue weighted by Crippen LogP contribution is -2.30. The van der Waals surface area contributed by atoms with Gasteiger partial charge in [0.2, 0.25) is 11.8 Å². The fourth-order valence-electron chi connectivity index (χ4n) is 2.25. The molecule has 1 aromatic rings. The van der Waals surface area contributed by atoms with E-state index < -0.39 is 15.9 Å². The van der Waals surface area contributed by atoms with Crippen LogP contribution >= 0.6 is 0 Å². The molecule has 0 aromatic heterocycles. The third kappa shape index (κ3) is 3.30. The summed E-state index contributed by atoms with van der Waals surface area (Å²) in [5, 5.41) is 0. The largest absolute Gasteiger partial charge is 0.748 e. The highest BCUT2D eigenvalue weighted by Crippen LogP contribution is 2.30. The van der Waals surface area contributed by atoms with Gasteiger partial charge in [-0.25, -0.2) is 8.42 Å². The molecule has 2 rings (SSSR count). The van der Waals surface area contributed by atoms with Crippen LogP contribution in [0.5, 0.6) is 0 Å². The van der Waals surface area contributed by atoms with Crippen molar-refractivity contribution in [2.75, 3.05) is 10.7 Å². The molecule has 6 nitrogen and oxygen atoms in total. The average molecular weight is 310 g/mol. The Hall–Kier alpha value is -1.73. The van der Waals surface area contributed by atoms with Crippen LogP contribution in [0.25, 0.3) is 0 Å². The highest BCUT2D eigenvalue weighted by molar-refractivity contribution is 7.85. The molecule has 0 N–H and O–H groups in total. The van der Waals surface area contributed by atoms with Gasteiger partial charge in [0.05, 0.1) is 15.8 Å². The van der Waals surface area contributed by atoms with E-state index in [1.54, 1.807) is 38.1 Å². The summed E-state index contributed by atoms with van der Waals surface area (Å²) >= 11 is 0. The van der Waals surface area contributed by atoms with E-state index in [-0.39, 0.29) is 30.1 Å². The molecule has 2 unspecified atom stereocenters. The van der Waals surface area contributed by atoms with Gasteiger partial charge in [0, 0.05) is 17.6 Å². The maximum absolute atomic E-state index is 12.1. The van der Waals surface area contributed by atoms with Crippen molar-refractivity contribution in [1.82, 2.24) is 0 Å². The Morgan fingerprint density at radius 2 is 1.52 bits per heavy atom. The van der Waals surface area contributed by atoms with Gasteiger partial charge in [-0.3, -0.25) is 14.5 Å². The van der Waals surface area contributed by atoms with E-state index in [4.69, 9.17) is 0 Å². The highest BCUT2D eigenvalue weighted by Gasteiger charge is 2.42. The van der Waals surface area contributed by atoms with Gasteiger partial charge in [-0.2, -0.15) is 0 Å². The molecule has 2 amide bonds. The second kappa shape index (κ2) is 5.57. The van der Waals surface area contributed by atoms with Crippen LogP contribution in [0.3, 0.4) is 0 Å². The minimum Gasteiger partial charge on any atom is -0.748 e. The van der Waals surface area contributed by atoms with E-state index in [9.17, 15) is 22.6 Å². The Balaban J connectivity index is 2.16. The summed E-state index contributed by atoms with van der Waals surface area (Å²) in [5.74, 6) is -1.63. The second-order valence-corrected chi connectivity index (χ2v) is 6.79. The molecule has 1 heterocycles. The first-order chi connectivity index (χ1) is 9.70. The zero-order chi connectivity index (χ0) is 15.8. The molecule has 114 valence electrons. The van der Waals surface area contributed by atoms with Crippen molar-refractivity contribution >= 4 is 27.6 Å². The summed E-state index contributed by atoms with van der Waals surface area (Å²) in [4.78, 5) is 25.3. The molecule has 0 aliphatic carbocycles. The summed E-state index contributed by atoms with van der Waals surface area (Å²) < 4.78 is 31.8. The van der Waals surface area contributed by atoms with Crippen molar-refractivity contribution in [2.24, 2.45) is 11.8 Å². The number of carbonyl (C=O) groups is 2. The molecule has 2 atom stereocenters. The topological polar surface area (TPSA) is 94.6 Å². The Kier molecular flexibility index (Phi) is 4.15. The molecule has 21 heavy (non-hydrogen) atoms.